The van der Waals surface area contributed by atoms with Crippen molar-refractivity contribution >= 4 is 18.0 Å². The van der Waals surface area contributed by atoms with Crippen molar-refractivity contribution < 1.29 is 4.79 Å². The maximum Gasteiger partial charge on any atom is 0.209 e. The molecule has 1 fully saturated rings. The molecule has 0 unspecified atom stereocenters. The molecule has 1 amide bonds. The average molecular weight is 253 g/mol. The SMILES string of the molecule is O=CN1CCCN(Cc2ccccc2Cl)CC1. The molecule has 1 aliphatic heterocycles. The van der Waals surface area contributed by atoms with Gasteiger partial charge in [0.15, 0.2) is 0 Å². The lowest BCUT2D eigenvalue weighted by molar-refractivity contribution is -0.118. The van der Waals surface area contributed by atoms with Gasteiger partial charge in [-0.15, -0.1) is 0 Å². The summed E-state index contributed by atoms with van der Waals surface area (Å²) in [4.78, 5) is 14.9. The molecule has 0 atom stereocenters. The standard InChI is InChI=1S/C13H17ClN2O/c14-13-5-2-1-4-12(13)10-15-6-3-7-16(11-17)9-8-15/h1-2,4-5,11H,3,6-10H2. The quantitative estimate of drug-likeness (QED) is 0.769. The molecule has 0 N–H and O–H groups in total. The first-order chi connectivity index (χ1) is 8.29. The summed E-state index contributed by atoms with van der Waals surface area (Å²) >= 11 is 6.15. The van der Waals surface area contributed by atoms with Gasteiger partial charge in [0.1, 0.15) is 0 Å². The number of hydrogen-bond donors (Lipinski definition) is 0. The van der Waals surface area contributed by atoms with Crippen LogP contribution in [-0.4, -0.2) is 42.4 Å². The number of halogens is 1. The van der Waals surface area contributed by atoms with Gasteiger partial charge in [-0.05, 0) is 18.1 Å². The van der Waals surface area contributed by atoms with Crippen LogP contribution < -0.4 is 0 Å². The Balaban J connectivity index is 1.95. The topological polar surface area (TPSA) is 23.6 Å². The van der Waals surface area contributed by atoms with E-state index in [2.05, 4.69) is 11.0 Å². The van der Waals surface area contributed by atoms with E-state index in [1.54, 1.807) is 0 Å². The van der Waals surface area contributed by atoms with Gasteiger partial charge in [0.25, 0.3) is 0 Å². The predicted octanol–water partition coefficient (Wildman–Crippen LogP) is 2.00. The largest absolute Gasteiger partial charge is 0.344 e. The molecule has 1 aliphatic rings. The summed E-state index contributed by atoms with van der Waals surface area (Å²) in [6.45, 7) is 4.49. The monoisotopic (exact) mass is 252 g/mol. The van der Waals surface area contributed by atoms with Gasteiger partial charge in [-0.1, -0.05) is 29.8 Å². The molecule has 0 aromatic heterocycles. The molecular formula is C13H17ClN2O. The van der Waals surface area contributed by atoms with Crippen LogP contribution in [0.15, 0.2) is 24.3 Å². The van der Waals surface area contributed by atoms with E-state index in [-0.39, 0.29) is 0 Å². The first kappa shape index (κ1) is 12.4. The highest BCUT2D eigenvalue weighted by molar-refractivity contribution is 6.31. The summed E-state index contributed by atoms with van der Waals surface area (Å²) < 4.78 is 0. The highest BCUT2D eigenvalue weighted by Gasteiger charge is 2.14. The van der Waals surface area contributed by atoms with Crippen molar-refractivity contribution in [3.8, 4) is 0 Å². The molecule has 0 saturated carbocycles. The van der Waals surface area contributed by atoms with Crippen molar-refractivity contribution in [1.29, 1.82) is 0 Å². The Bertz CT molecular complexity index is 383. The average Bonchev–Trinajstić information content (AvgIpc) is 2.57. The molecule has 3 nitrogen and oxygen atoms in total. The molecule has 1 saturated heterocycles. The molecule has 1 heterocycles. The van der Waals surface area contributed by atoms with Crippen molar-refractivity contribution in [2.75, 3.05) is 26.2 Å². The number of nitrogens with zero attached hydrogens (tertiary/aromatic N) is 2. The maximum absolute atomic E-state index is 10.7. The molecule has 4 heteroatoms. The minimum atomic E-state index is 0.813. The fourth-order valence-electron chi connectivity index (χ4n) is 2.12. The third-order valence-electron chi connectivity index (χ3n) is 3.12. The Morgan fingerprint density at radius 2 is 2.00 bits per heavy atom. The molecule has 0 spiro atoms. The number of hydrogen-bond acceptors (Lipinski definition) is 2. The Hall–Kier alpha value is -1.06. The highest BCUT2D eigenvalue weighted by atomic mass is 35.5. The van der Waals surface area contributed by atoms with Crippen LogP contribution in [0.25, 0.3) is 0 Å². The van der Waals surface area contributed by atoms with E-state index in [4.69, 9.17) is 11.6 Å². The first-order valence-electron chi connectivity index (χ1n) is 5.94. The van der Waals surface area contributed by atoms with E-state index in [1.165, 1.54) is 0 Å². The van der Waals surface area contributed by atoms with Crippen molar-refractivity contribution in [1.82, 2.24) is 9.80 Å². The van der Waals surface area contributed by atoms with Crippen LogP contribution in [0, 0.1) is 0 Å². The molecule has 92 valence electrons. The lowest BCUT2D eigenvalue weighted by Gasteiger charge is -2.20. The van der Waals surface area contributed by atoms with Gasteiger partial charge >= 0.3 is 0 Å². The molecule has 0 aliphatic carbocycles. The molecule has 2 rings (SSSR count). The van der Waals surface area contributed by atoms with E-state index < -0.39 is 0 Å². The second kappa shape index (κ2) is 6.03. The van der Waals surface area contributed by atoms with Gasteiger partial charge in [0, 0.05) is 37.7 Å². The number of amides is 1. The zero-order chi connectivity index (χ0) is 12.1. The van der Waals surface area contributed by atoms with Crippen LogP contribution in [0.5, 0.6) is 0 Å². The fraction of sp³-hybridized carbons (Fsp3) is 0.462. The lowest BCUT2D eigenvalue weighted by Crippen LogP contribution is -2.29. The van der Waals surface area contributed by atoms with Crippen LogP contribution in [0.4, 0.5) is 0 Å². The molecule has 17 heavy (non-hydrogen) atoms. The maximum atomic E-state index is 10.7. The van der Waals surface area contributed by atoms with Gasteiger partial charge in [0.2, 0.25) is 6.41 Å². The zero-order valence-electron chi connectivity index (χ0n) is 9.81. The van der Waals surface area contributed by atoms with Gasteiger partial charge in [-0.25, -0.2) is 0 Å². The minimum Gasteiger partial charge on any atom is -0.344 e. The summed E-state index contributed by atoms with van der Waals surface area (Å²) in [5.41, 5.74) is 1.16. The van der Waals surface area contributed by atoms with Gasteiger partial charge in [0.05, 0.1) is 0 Å². The predicted molar refractivity (Wildman–Crippen MR) is 69.0 cm³/mol. The van der Waals surface area contributed by atoms with Crippen molar-refractivity contribution in [2.45, 2.75) is 13.0 Å². The highest BCUT2D eigenvalue weighted by Crippen LogP contribution is 2.17. The van der Waals surface area contributed by atoms with Gasteiger partial charge in [-0.3, -0.25) is 9.69 Å². The molecule has 0 bridgehead atoms. The van der Waals surface area contributed by atoms with E-state index in [1.807, 2.05) is 23.1 Å². The van der Waals surface area contributed by atoms with Crippen LogP contribution in [0.1, 0.15) is 12.0 Å². The zero-order valence-corrected chi connectivity index (χ0v) is 10.6. The first-order valence-corrected chi connectivity index (χ1v) is 6.32. The Morgan fingerprint density at radius 1 is 1.18 bits per heavy atom. The summed E-state index contributed by atoms with van der Waals surface area (Å²) in [5.74, 6) is 0. The van der Waals surface area contributed by atoms with Crippen LogP contribution in [-0.2, 0) is 11.3 Å². The number of carbonyl (C=O) groups is 1. The Labute approximate surface area is 107 Å². The normalized spacial score (nSPS) is 17.8. The van der Waals surface area contributed by atoms with Gasteiger partial charge < -0.3 is 4.90 Å². The van der Waals surface area contributed by atoms with E-state index >= 15 is 0 Å². The Morgan fingerprint density at radius 3 is 2.76 bits per heavy atom. The molecule has 1 aromatic carbocycles. The van der Waals surface area contributed by atoms with E-state index in [0.29, 0.717) is 0 Å². The summed E-state index contributed by atoms with van der Waals surface area (Å²) in [7, 11) is 0. The van der Waals surface area contributed by atoms with E-state index in [9.17, 15) is 4.79 Å². The second-order valence-corrected chi connectivity index (χ2v) is 4.77. The van der Waals surface area contributed by atoms with E-state index in [0.717, 1.165) is 56.1 Å². The van der Waals surface area contributed by atoms with Crippen LogP contribution >= 0.6 is 11.6 Å². The van der Waals surface area contributed by atoms with Gasteiger partial charge in [-0.2, -0.15) is 0 Å². The molecule has 0 radical (unpaired) electrons. The summed E-state index contributed by atoms with van der Waals surface area (Å²) in [6.07, 6.45) is 1.97. The minimum absolute atomic E-state index is 0.813. The third-order valence-corrected chi connectivity index (χ3v) is 3.49. The summed E-state index contributed by atoms with van der Waals surface area (Å²) in [5, 5.41) is 0.823. The smallest absolute Gasteiger partial charge is 0.209 e. The fourth-order valence-corrected chi connectivity index (χ4v) is 2.32. The Kier molecular flexibility index (Phi) is 4.40. The number of rotatable bonds is 3. The summed E-state index contributed by atoms with van der Waals surface area (Å²) in [6, 6.07) is 7.94. The second-order valence-electron chi connectivity index (χ2n) is 4.36. The van der Waals surface area contributed by atoms with Crippen molar-refractivity contribution in [2.24, 2.45) is 0 Å². The lowest BCUT2D eigenvalue weighted by atomic mass is 10.2. The molecular weight excluding hydrogens is 236 g/mol. The van der Waals surface area contributed by atoms with Crippen molar-refractivity contribution in [3.63, 3.8) is 0 Å². The number of carbonyl (C=O) groups excluding carboxylic acids is 1. The third kappa shape index (κ3) is 3.45. The molecule has 1 aromatic rings. The van der Waals surface area contributed by atoms with Crippen LogP contribution in [0.2, 0.25) is 5.02 Å². The number of benzene rings is 1. The van der Waals surface area contributed by atoms with Crippen LogP contribution in [0.3, 0.4) is 0 Å². The van der Waals surface area contributed by atoms with Crippen molar-refractivity contribution in [3.05, 3.63) is 34.9 Å².